The van der Waals surface area contributed by atoms with E-state index >= 15 is 0 Å². The molecule has 1 heterocycles. The van der Waals surface area contributed by atoms with E-state index in [1.54, 1.807) is 18.2 Å². The van der Waals surface area contributed by atoms with E-state index in [2.05, 4.69) is 17.0 Å². The molecule has 0 aliphatic rings. The first-order valence-electron chi connectivity index (χ1n) is 5.85. The van der Waals surface area contributed by atoms with Gasteiger partial charge >= 0.3 is 11.7 Å². The number of hydrogen-bond donors (Lipinski definition) is 2. The van der Waals surface area contributed by atoms with Gasteiger partial charge in [0.25, 0.3) is 0 Å². The SMILES string of the molecule is Cc1cc(=O)oc2cc(NC(=O)OCCSS)ccc12. The minimum absolute atomic E-state index is 0.280. The van der Waals surface area contributed by atoms with Crippen LogP contribution in [-0.4, -0.2) is 18.5 Å². The van der Waals surface area contributed by atoms with Crippen LogP contribution in [0.15, 0.2) is 33.5 Å². The van der Waals surface area contributed by atoms with Crippen molar-refractivity contribution in [1.82, 2.24) is 0 Å². The monoisotopic (exact) mass is 311 g/mol. The van der Waals surface area contributed by atoms with Crippen LogP contribution < -0.4 is 10.9 Å². The van der Waals surface area contributed by atoms with Gasteiger partial charge in [-0.15, -0.1) is 11.7 Å². The highest BCUT2D eigenvalue weighted by Gasteiger charge is 2.06. The van der Waals surface area contributed by atoms with Gasteiger partial charge in [-0.25, -0.2) is 9.59 Å². The summed E-state index contributed by atoms with van der Waals surface area (Å²) >= 11 is 3.94. The molecule has 7 heteroatoms. The first-order valence-corrected chi connectivity index (χ1v) is 7.88. The average Bonchev–Trinajstić information content (AvgIpc) is 2.38. The first-order chi connectivity index (χ1) is 9.60. The number of ether oxygens (including phenoxy) is 1. The second-order valence-corrected chi connectivity index (χ2v) is 5.49. The first kappa shape index (κ1) is 14.8. The number of thiol groups is 1. The Balaban J connectivity index is 2.15. The Morgan fingerprint density at radius 1 is 1.45 bits per heavy atom. The van der Waals surface area contributed by atoms with Gasteiger partial charge in [0, 0.05) is 29.0 Å². The maximum absolute atomic E-state index is 11.5. The quantitative estimate of drug-likeness (QED) is 0.393. The fraction of sp³-hybridized carbons (Fsp3) is 0.231. The number of nitrogens with one attached hydrogen (secondary N) is 1. The van der Waals surface area contributed by atoms with Crippen LogP contribution in [0, 0.1) is 6.92 Å². The number of carbonyl (C=O) groups excluding carboxylic acids is 1. The molecule has 2 rings (SSSR count). The van der Waals surface area contributed by atoms with E-state index in [1.165, 1.54) is 16.9 Å². The molecule has 1 amide bonds. The van der Waals surface area contributed by atoms with Crippen LogP contribution in [0.25, 0.3) is 11.0 Å². The molecule has 0 saturated carbocycles. The zero-order valence-electron chi connectivity index (χ0n) is 10.7. The summed E-state index contributed by atoms with van der Waals surface area (Å²) in [5, 5.41) is 3.40. The molecule has 1 aromatic carbocycles. The number of hydrogen-bond acceptors (Lipinski definition) is 6. The van der Waals surface area contributed by atoms with Crippen molar-refractivity contribution in [3.05, 3.63) is 40.2 Å². The highest BCUT2D eigenvalue weighted by molar-refractivity contribution is 8.68. The smallest absolute Gasteiger partial charge is 0.411 e. The molecular formula is C13H13NO4S2. The zero-order valence-corrected chi connectivity index (χ0v) is 12.4. The maximum atomic E-state index is 11.5. The Bertz CT molecular complexity index is 684. The molecule has 0 atom stereocenters. The lowest BCUT2D eigenvalue weighted by Crippen LogP contribution is -2.15. The van der Waals surface area contributed by atoms with Gasteiger partial charge in [-0.3, -0.25) is 5.32 Å². The molecule has 0 aliphatic heterocycles. The summed E-state index contributed by atoms with van der Waals surface area (Å²) in [6, 6.07) is 6.54. The fourth-order valence-electron chi connectivity index (χ4n) is 1.73. The summed E-state index contributed by atoms with van der Waals surface area (Å²) in [5.74, 6) is 0.613. The molecule has 0 fully saturated rings. The van der Waals surface area contributed by atoms with Crippen LogP contribution in [0.5, 0.6) is 0 Å². The second kappa shape index (κ2) is 6.71. The Morgan fingerprint density at radius 2 is 2.25 bits per heavy atom. The predicted octanol–water partition coefficient (Wildman–Crippen LogP) is 3.23. The minimum atomic E-state index is -0.554. The molecule has 0 unspecified atom stereocenters. The summed E-state index contributed by atoms with van der Waals surface area (Å²) < 4.78 is 10.0. The normalized spacial score (nSPS) is 10.5. The highest BCUT2D eigenvalue weighted by atomic mass is 33.1. The van der Waals surface area contributed by atoms with E-state index in [0.717, 1.165) is 10.9 Å². The van der Waals surface area contributed by atoms with Gasteiger partial charge in [0.15, 0.2) is 0 Å². The lowest BCUT2D eigenvalue weighted by atomic mass is 10.1. The van der Waals surface area contributed by atoms with E-state index < -0.39 is 11.7 Å². The topological polar surface area (TPSA) is 68.5 Å². The molecule has 0 aliphatic carbocycles. The third-order valence-electron chi connectivity index (χ3n) is 2.61. The van der Waals surface area contributed by atoms with Crippen LogP contribution in [0.3, 0.4) is 0 Å². The van der Waals surface area contributed by atoms with Crippen molar-refractivity contribution >= 4 is 45.2 Å². The average molecular weight is 311 g/mol. The van der Waals surface area contributed by atoms with Crippen molar-refractivity contribution in [1.29, 1.82) is 0 Å². The summed E-state index contributed by atoms with van der Waals surface area (Å²) in [4.78, 5) is 22.8. The molecular weight excluding hydrogens is 298 g/mol. The molecule has 1 N–H and O–H groups in total. The van der Waals surface area contributed by atoms with Gasteiger partial charge in [0.05, 0.1) is 0 Å². The van der Waals surface area contributed by atoms with Crippen molar-refractivity contribution in [2.24, 2.45) is 0 Å². The second-order valence-electron chi connectivity index (χ2n) is 4.05. The summed E-state index contributed by atoms with van der Waals surface area (Å²) in [6.07, 6.45) is -0.554. The number of fused-ring (bicyclic) bond motifs is 1. The Kier molecular flexibility index (Phi) is 4.97. The van der Waals surface area contributed by atoms with E-state index in [4.69, 9.17) is 9.15 Å². The van der Waals surface area contributed by atoms with Crippen molar-refractivity contribution < 1.29 is 13.9 Å². The lowest BCUT2D eigenvalue weighted by Gasteiger charge is -2.07. The summed E-state index contributed by atoms with van der Waals surface area (Å²) in [7, 11) is 1.29. The summed E-state index contributed by atoms with van der Waals surface area (Å²) in [6.45, 7) is 2.11. The fourth-order valence-corrected chi connectivity index (χ4v) is 2.11. The molecule has 5 nitrogen and oxygen atoms in total. The standard InChI is InChI=1S/C13H13NO4S2/c1-8-6-12(15)18-11-7-9(2-3-10(8)11)14-13(16)17-4-5-20-19/h2-3,6-7,19H,4-5H2,1H3,(H,14,16). The maximum Gasteiger partial charge on any atom is 0.411 e. The Hall–Kier alpha value is -1.60. The molecule has 1 aromatic heterocycles. The molecule has 0 radical (unpaired) electrons. The third-order valence-corrected chi connectivity index (χ3v) is 3.50. The van der Waals surface area contributed by atoms with Crippen molar-refractivity contribution in [3.8, 4) is 0 Å². The number of rotatable bonds is 4. The largest absolute Gasteiger partial charge is 0.448 e. The predicted molar refractivity (Wildman–Crippen MR) is 83.6 cm³/mol. The molecule has 106 valence electrons. The molecule has 0 bridgehead atoms. The van der Waals surface area contributed by atoms with E-state index in [1.807, 2.05) is 6.92 Å². The van der Waals surface area contributed by atoms with E-state index in [0.29, 0.717) is 17.0 Å². The van der Waals surface area contributed by atoms with Gasteiger partial charge in [-0.2, -0.15) is 0 Å². The molecule has 20 heavy (non-hydrogen) atoms. The van der Waals surface area contributed by atoms with Crippen molar-refractivity contribution in [2.75, 3.05) is 17.7 Å². The number of anilines is 1. The molecule has 2 aromatic rings. The molecule has 0 spiro atoms. The van der Waals surface area contributed by atoms with Crippen LogP contribution >= 0.6 is 22.5 Å². The lowest BCUT2D eigenvalue weighted by molar-refractivity contribution is 0.169. The Labute approximate surface area is 124 Å². The van der Waals surface area contributed by atoms with Crippen LogP contribution in [0.2, 0.25) is 0 Å². The number of benzene rings is 1. The molecule has 0 saturated heterocycles. The van der Waals surface area contributed by atoms with Crippen LogP contribution in [-0.2, 0) is 4.74 Å². The minimum Gasteiger partial charge on any atom is -0.448 e. The number of amides is 1. The number of aryl methyl sites for hydroxylation is 1. The Morgan fingerprint density at radius 3 is 3.00 bits per heavy atom. The zero-order chi connectivity index (χ0) is 14.5. The van der Waals surface area contributed by atoms with E-state index in [-0.39, 0.29) is 6.61 Å². The van der Waals surface area contributed by atoms with Crippen molar-refractivity contribution in [2.45, 2.75) is 6.92 Å². The van der Waals surface area contributed by atoms with Gasteiger partial charge in [-0.1, -0.05) is 10.8 Å². The van der Waals surface area contributed by atoms with Gasteiger partial charge in [0.1, 0.15) is 12.2 Å². The van der Waals surface area contributed by atoms with Crippen LogP contribution in [0.1, 0.15) is 5.56 Å². The van der Waals surface area contributed by atoms with Gasteiger partial charge in [-0.05, 0) is 24.6 Å². The highest BCUT2D eigenvalue weighted by Crippen LogP contribution is 2.20. The number of carbonyl (C=O) groups is 1. The van der Waals surface area contributed by atoms with Crippen molar-refractivity contribution in [3.63, 3.8) is 0 Å². The van der Waals surface area contributed by atoms with Gasteiger partial charge in [0.2, 0.25) is 0 Å². The summed E-state index contributed by atoms with van der Waals surface area (Å²) in [5.41, 5.74) is 1.35. The third kappa shape index (κ3) is 3.71. The van der Waals surface area contributed by atoms with Gasteiger partial charge < -0.3 is 9.15 Å². The van der Waals surface area contributed by atoms with Crippen LogP contribution in [0.4, 0.5) is 10.5 Å². The van der Waals surface area contributed by atoms with E-state index in [9.17, 15) is 9.59 Å².